The number of nitrogens with zero attached hydrogens (tertiary/aromatic N) is 1. The van der Waals surface area contributed by atoms with Gasteiger partial charge in [-0.05, 0) is 6.07 Å². The van der Waals surface area contributed by atoms with Crippen LogP contribution in [-0.4, -0.2) is 19.2 Å². The van der Waals surface area contributed by atoms with Gasteiger partial charge in [0.05, 0.1) is 19.2 Å². The minimum Gasteiger partial charge on any atom is -0.496 e. The van der Waals surface area contributed by atoms with Crippen LogP contribution in [0.15, 0.2) is 30.5 Å². The largest absolute Gasteiger partial charge is 0.496 e. The first-order chi connectivity index (χ1) is 9.12. The van der Waals surface area contributed by atoms with E-state index in [0.29, 0.717) is 17.2 Å². The lowest BCUT2D eigenvalue weighted by molar-refractivity contribution is 0.380. The van der Waals surface area contributed by atoms with E-state index in [0.717, 1.165) is 6.07 Å². The minimum absolute atomic E-state index is 0.167. The van der Waals surface area contributed by atoms with Gasteiger partial charge in [0.2, 0.25) is 0 Å². The monoisotopic (exact) mass is 283 g/mol. The summed E-state index contributed by atoms with van der Waals surface area (Å²) in [6, 6.07) is 6.00. The van der Waals surface area contributed by atoms with Crippen LogP contribution in [0.5, 0.6) is 23.1 Å². The quantitative estimate of drug-likeness (QED) is 0.858. The molecule has 2 aromatic rings. The molecule has 0 atom stereocenters. The molecule has 100 valence electrons. The van der Waals surface area contributed by atoms with Crippen LogP contribution in [0.3, 0.4) is 0 Å². The van der Waals surface area contributed by atoms with E-state index in [-0.39, 0.29) is 10.9 Å². The summed E-state index contributed by atoms with van der Waals surface area (Å²) >= 11 is 5.62. The Kier molecular flexibility index (Phi) is 4.06. The lowest BCUT2D eigenvalue weighted by Crippen LogP contribution is -1.94. The van der Waals surface area contributed by atoms with Crippen molar-refractivity contribution >= 4 is 11.6 Å². The second kappa shape index (κ2) is 5.75. The van der Waals surface area contributed by atoms with Gasteiger partial charge in [0.1, 0.15) is 17.2 Å². The summed E-state index contributed by atoms with van der Waals surface area (Å²) < 4.78 is 29.1. The summed E-state index contributed by atoms with van der Waals surface area (Å²) in [4.78, 5) is 3.77. The van der Waals surface area contributed by atoms with Crippen LogP contribution in [0.1, 0.15) is 0 Å². The molecule has 1 aromatic heterocycles. The van der Waals surface area contributed by atoms with Gasteiger partial charge in [0, 0.05) is 24.4 Å². The molecule has 0 unspecified atom stereocenters. The number of benzene rings is 1. The van der Waals surface area contributed by atoms with Gasteiger partial charge in [-0.25, -0.2) is 9.37 Å². The molecule has 0 radical (unpaired) electrons. The maximum absolute atomic E-state index is 13.6. The van der Waals surface area contributed by atoms with E-state index in [4.69, 9.17) is 25.8 Å². The van der Waals surface area contributed by atoms with Gasteiger partial charge >= 0.3 is 0 Å². The highest BCUT2D eigenvalue weighted by Gasteiger charge is 2.09. The summed E-state index contributed by atoms with van der Waals surface area (Å²) in [7, 11) is 3.03. The van der Waals surface area contributed by atoms with Gasteiger partial charge in [0.15, 0.2) is 5.82 Å². The predicted molar refractivity (Wildman–Crippen MR) is 68.8 cm³/mol. The fraction of sp³-hybridized carbons (Fsp3) is 0.154. The summed E-state index contributed by atoms with van der Waals surface area (Å²) in [6.45, 7) is 0. The zero-order chi connectivity index (χ0) is 13.8. The van der Waals surface area contributed by atoms with Crippen LogP contribution in [0, 0.1) is 5.82 Å². The highest BCUT2D eigenvalue weighted by molar-refractivity contribution is 6.30. The summed E-state index contributed by atoms with van der Waals surface area (Å²) in [5.74, 6) is 0.603. The van der Waals surface area contributed by atoms with Crippen molar-refractivity contribution in [2.75, 3.05) is 14.2 Å². The highest BCUT2D eigenvalue weighted by Crippen LogP contribution is 2.31. The van der Waals surface area contributed by atoms with E-state index < -0.39 is 5.82 Å². The number of halogens is 2. The topological polar surface area (TPSA) is 40.6 Å². The second-order valence-electron chi connectivity index (χ2n) is 3.59. The molecule has 0 spiro atoms. The molecule has 0 aliphatic carbocycles. The Bertz CT molecular complexity index is 570. The van der Waals surface area contributed by atoms with Crippen LogP contribution >= 0.6 is 11.6 Å². The van der Waals surface area contributed by atoms with Crippen molar-refractivity contribution in [1.82, 2.24) is 4.98 Å². The Morgan fingerprint density at radius 1 is 1.00 bits per heavy atom. The molecule has 0 saturated carbocycles. The number of hydrogen-bond acceptors (Lipinski definition) is 4. The number of rotatable bonds is 4. The lowest BCUT2D eigenvalue weighted by Gasteiger charge is -2.09. The van der Waals surface area contributed by atoms with E-state index >= 15 is 0 Å². The Labute approximate surface area is 114 Å². The van der Waals surface area contributed by atoms with Crippen molar-refractivity contribution < 1.29 is 18.6 Å². The van der Waals surface area contributed by atoms with Crippen molar-refractivity contribution in [2.24, 2.45) is 0 Å². The van der Waals surface area contributed by atoms with Crippen molar-refractivity contribution in [3.8, 4) is 23.1 Å². The molecule has 0 fully saturated rings. The zero-order valence-corrected chi connectivity index (χ0v) is 11.1. The number of aromatic nitrogens is 1. The molecule has 0 bridgehead atoms. The number of hydrogen-bond donors (Lipinski definition) is 0. The van der Waals surface area contributed by atoms with Gasteiger partial charge in [-0.1, -0.05) is 11.6 Å². The number of methoxy groups -OCH3 is 2. The van der Waals surface area contributed by atoms with E-state index in [2.05, 4.69) is 4.98 Å². The molecule has 1 aromatic carbocycles. The first-order valence-electron chi connectivity index (χ1n) is 5.34. The first kappa shape index (κ1) is 13.4. The third-order valence-corrected chi connectivity index (χ3v) is 2.52. The normalized spacial score (nSPS) is 10.1. The molecule has 4 nitrogen and oxygen atoms in total. The Balaban J connectivity index is 2.31. The van der Waals surface area contributed by atoms with E-state index in [9.17, 15) is 4.39 Å². The molecule has 0 amide bonds. The Morgan fingerprint density at radius 2 is 1.58 bits per heavy atom. The van der Waals surface area contributed by atoms with Gasteiger partial charge in [0.25, 0.3) is 5.88 Å². The Morgan fingerprint density at radius 3 is 2.11 bits per heavy atom. The van der Waals surface area contributed by atoms with Crippen molar-refractivity contribution in [2.45, 2.75) is 0 Å². The van der Waals surface area contributed by atoms with Crippen LogP contribution in [0.2, 0.25) is 5.02 Å². The molecule has 0 aliphatic rings. The maximum atomic E-state index is 13.6. The minimum atomic E-state index is -0.644. The van der Waals surface area contributed by atoms with Crippen molar-refractivity contribution in [3.63, 3.8) is 0 Å². The average molecular weight is 284 g/mol. The maximum Gasteiger partial charge on any atom is 0.255 e. The lowest BCUT2D eigenvalue weighted by atomic mass is 10.3. The fourth-order valence-corrected chi connectivity index (χ4v) is 1.57. The second-order valence-corrected chi connectivity index (χ2v) is 4.03. The van der Waals surface area contributed by atoms with Crippen molar-refractivity contribution in [3.05, 3.63) is 41.3 Å². The molecular formula is C13H11ClFNO3. The summed E-state index contributed by atoms with van der Waals surface area (Å²) in [6.07, 6.45) is 1.30. The van der Waals surface area contributed by atoms with Gasteiger partial charge in [-0.3, -0.25) is 0 Å². The van der Waals surface area contributed by atoms with Gasteiger partial charge < -0.3 is 14.2 Å². The molecule has 0 aliphatic heterocycles. The molecule has 6 heteroatoms. The van der Waals surface area contributed by atoms with Crippen LogP contribution in [0.4, 0.5) is 4.39 Å². The first-order valence-corrected chi connectivity index (χ1v) is 5.72. The zero-order valence-electron chi connectivity index (χ0n) is 10.3. The van der Waals surface area contributed by atoms with Crippen LogP contribution in [-0.2, 0) is 0 Å². The average Bonchev–Trinajstić information content (AvgIpc) is 2.41. The predicted octanol–water partition coefficient (Wildman–Crippen LogP) is 3.68. The van der Waals surface area contributed by atoms with Crippen LogP contribution < -0.4 is 14.2 Å². The standard InChI is InChI=1S/C13H11ClFNO3/c1-17-9-4-10(18-2)6-11(5-9)19-13-12(15)3-8(14)7-16-13/h3-7H,1-2H3. The molecule has 19 heavy (non-hydrogen) atoms. The number of pyridine rings is 1. The fourth-order valence-electron chi connectivity index (χ4n) is 1.43. The highest BCUT2D eigenvalue weighted by atomic mass is 35.5. The molecule has 1 heterocycles. The SMILES string of the molecule is COc1cc(OC)cc(Oc2ncc(Cl)cc2F)c1. The summed E-state index contributed by atoms with van der Waals surface area (Å²) in [5.41, 5.74) is 0. The smallest absolute Gasteiger partial charge is 0.255 e. The summed E-state index contributed by atoms with van der Waals surface area (Å²) in [5, 5.41) is 0.202. The Hall–Kier alpha value is -2.01. The van der Waals surface area contributed by atoms with E-state index in [1.165, 1.54) is 20.4 Å². The van der Waals surface area contributed by atoms with Crippen molar-refractivity contribution in [1.29, 1.82) is 0 Å². The van der Waals surface area contributed by atoms with Gasteiger partial charge in [-0.15, -0.1) is 0 Å². The third kappa shape index (κ3) is 3.26. The molecule has 0 N–H and O–H groups in total. The number of ether oxygens (including phenoxy) is 3. The molecular weight excluding hydrogens is 273 g/mol. The van der Waals surface area contributed by atoms with Gasteiger partial charge in [-0.2, -0.15) is 0 Å². The third-order valence-electron chi connectivity index (χ3n) is 2.31. The van der Waals surface area contributed by atoms with E-state index in [1.54, 1.807) is 18.2 Å². The van der Waals surface area contributed by atoms with E-state index in [1.807, 2.05) is 0 Å². The molecule has 0 saturated heterocycles. The van der Waals surface area contributed by atoms with Crippen LogP contribution in [0.25, 0.3) is 0 Å². The molecule has 2 rings (SSSR count).